The average Bonchev–Trinajstić information content (AvgIpc) is 2.41. The number of hydrogen-bond donors (Lipinski definition) is 1. The quantitative estimate of drug-likeness (QED) is 0.683. The van der Waals surface area contributed by atoms with Gasteiger partial charge in [0.05, 0.1) is 22.9 Å². The van der Waals surface area contributed by atoms with Crippen LogP contribution < -0.4 is 5.32 Å². The largest absolute Gasteiger partial charge is 0.377 e. The van der Waals surface area contributed by atoms with Gasteiger partial charge in [0.25, 0.3) is 5.69 Å². The van der Waals surface area contributed by atoms with Crippen molar-refractivity contribution in [3.05, 3.63) is 63.7 Å². The van der Waals surface area contributed by atoms with E-state index in [1.54, 1.807) is 25.1 Å². The van der Waals surface area contributed by atoms with Crippen LogP contribution in [0.2, 0.25) is 0 Å². The van der Waals surface area contributed by atoms with Crippen molar-refractivity contribution in [2.24, 2.45) is 0 Å². The fourth-order valence-electron chi connectivity index (χ4n) is 1.86. The summed E-state index contributed by atoms with van der Waals surface area (Å²) >= 11 is 0. The number of nitro groups is 1. The van der Waals surface area contributed by atoms with Crippen LogP contribution in [0.4, 0.5) is 15.8 Å². The van der Waals surface area contributed by atoms with Gasteiger partial charge in [-0.25, -0.2) is 4.39 Å². The Labute approximate surface area is 115 Å². The van der Waals surface area contributed by atoms with Gasteiger partial charge in [-0.3, -0.25) is 15.1 Å². The first-order valence-corrected chi connectivity index (χ1v) is 6.10. The van der Waals surface area contributed by atoms with E-state index in [0.29, 0.717) is 16.9 Å². The first-order chi connectivity index (χ1) is 9.47. The summed E-state index contributed by atoms with van der Waals surface area (Å²) in [7, 11) is 0. The van der Waals surface area contributed by atoms with Crippen LogP contribution in [0.3, 0.4) is 0 Å². The molecule has 0 saturated carbocycles. The Morgan fingerprint density at radius 2 is 2.10 bits per heavy atom. The van der Waals surface area contributed by atoms with E-state index in [4.69, 9.17) is 0 Å². The normalized spacial score (nSPS) is 11.9. The minimum atomic E-state index is -0.415. The van der Waals surface area contributed by atoms with Crippen molar-refractivity contribution < 1.29 is 9.31 Å². The van der Waals surface area contributed by atoms with Gasteiger partial charge in [0, 0.05) is 17.3 Å². The van der Waals surface area contributed by atoms with Crippen molar-refractivity contribution in [1.82, 2.24) is 4.98 Å². The zero-order valence-electron chi connectivity index (χ0n) is 11.1. The Bertz CT molecular complexity index is 629. The molecule has 0 fully saturated rings. The van der Waals surface area contributed by atoms with Gasteiger partial charge in [0.2, 0.25) is 0 Å². The zero-order chi connectivity index (χ0) is 14.7. The summed E-state index contributed by atoms with van der Waals surface area (Å²) in [6.45, 7) is 3.54. The highest BCUT2D eigenvalue weighted by molar-refractivity contribution is 5.55. The van der Waals surface area contributed by atoms with Crippen LogP contribution in [0.15, 0.2) is 36.5 Å². The monoisotopic (exact) mass is 275 g/mol. The molecule has 2 aromatic rings. The number of pyridine rings is 1. The summed E-state index contributed by atoms with van der Waals surface area (Å²) in [4.78, 5) is 14.5. The molecule has 1 heterocycles. The van der Waals surface area contributed by atoms with E-state index in [9.17, 15) is 14.5 Å². The molecule has 0 amide bonds. The summed E-state index contributed by atoms with van der Waals surface area (Å²) in [5.74, 6) is -0.396. The summed E-state index contributed by atoms with van der Waals surface area (Å²) in [6.07, 6.45) is 1.14. The standard InChI is InChI=1S/C14H14FN3O2/c1-9-3-5-12(7-14(9)18(19)20)17-10(2)13-6-4-11(15)8-16-13/h3-8,10,17H,1-2H3. The van der Waals surface area contributed by atoms with Crippen molar-refractivity contribution in [3.8, 4) is 0 Å². The van der Waals surface area contributed by atoms with Gasteiger partial charge in [-0.05, 0) is 32.0 Å². The molecule has 0 aliphatic heterocycles. The van der Waals surface area contributed by atoms with E-state index in [1.807, 2.05) is 6.92 Å². The third-order valence-corrected chi connectivity index (χ3v) is 2.98. The second-order valence-corrected chi connectivity index (χ2v) is 4.53. The first kappa shape index (κ1) is 13.9. The predicted molar refractivity (Wildman–Crippen MR) is 74.1 cm³/mol. The number of halogens is 1. The number of aryl methyl sites for hydroxylation is 1. The van der Waals surface area contributed by atoms with Gasteiger partial charge in [0.15, 0.2) is 0 Å². The second kappa shape index (κ2) is 5.64. The maximum absolute atomic E-state index is 12.8. The van der Waals surface area contributed by atoms with Gasteiger partial charge in [-0.1, -0.05) is 6.07 Å². The lowest BCUT2D eigenvalue weighted by Gasteiger charge is -2.14. The fraction of sp³-hybridized carbons (Fsp3) is 0.214. The number of nitrogens with one attached hydrogen (secondary N) is 1. The predicted octanol–water partition coefficient (Wildman–Crippen LogP) is 3.61. The summed E-state index contributed by atoms with van der Waals surface area (Å²) in [6, 6.07) is 7.66. The maximum Gasteiger partial charge on any atom is 0.274 e. The molecule has 0 spiro atoms. The lowest BCUT2D eigenvalue weighted by molar-refractivity contribution is -0.385. The van der Waals surface area contributed by atoms with E-state index in [2.05, 4.69) is 10.3 Å². The molecule has 6 heteroatoms. The highest BCUT2D eigenvalue weighted by Crippen LogP contribution is 2.25. The number of benzene rings is 1. The van der Waals surface area contributed by atoms with Crippen LogP contribution in [-0.4, -0.2) is 9.91 Å². The third kappa shape index (κ3) is 3.09. The summed E-state index contributed by atoms with van der Waals surface area (Å²) in [5, 5.41) is 14.0. The van der Waals surface area contributed by atoms with Crippen LogP contribution in [-0.2, 0) is 0 Å². The van der Waals surface area contributed by atoms with Gasteiger partial charge >= 0.3 is 0 Å². The Hall–Kier alpha value is -2.50. The molecule has 1 unspecified atom stereocenters. The van der Waals surface area contributed by atoms with Gasteiger partial charge < -0.3 is 5.32 Å². The average molecular weight is 275 g/mol. The summed E-state index contributed by atoms with van der Waals surface area (Å²) < 4.78 is 12.8. The molecular formula is C14H14FN3O2. The molecule has 0 aliphatic rings. The molecule has 20 heavy (non-hydrogen) atoms. The molecule has 1 aromatic carbocycles. The number of hydrogen-bond acceptors (Lipinski definition) is 4. The molecular weight excluding hydrogens is 261 g/mol. The molecule has 0 bridgehead atoms. The third-order valence-electron chi connectivity index (χ3n) is 2.98. The Balaban J connectivity index is 2.19. The minimum absolute atomic E-state index is 0.0641. The van der Waals surface area contributed by atoms with Crippen molar-refractivity contribution in [3.63, 3.8) is 0 Å². The number of rotatable bonds is 4. The van der Waals surface area contributed by atoms with E-state index in [1.165, 1.54) is 12.1 Å². The van der Waals surface area contributed by atoms with Crippen molar-refractivity contribution in [1.29, 1.82) is 0 Å². The number of anilines is 1. The van der Waals surface area contributed by atoms with Crippen molar-refractivity contribution in [2.45, 2.75) is 19.9 Å². The molecule has 1 atom stereocenters. The van der Waals surface area contributed by atoms with Crippen LogP contribution >= 0.6 is 0 Å². The molecule has 0 saturated heterocycles. The van der Waals surface area contributed by atoms with Gasteiger partial charge in [0.1, 0.15) is 5.82 Å². The van der Waals surface area contributed by atoms with E-state index in [0.717, 1.165) is 6.20 Å². The van der Waals surface area contributed by atoms with Crippen LogP contribution in [0.1, 0.15) is 24.2 Å². The first-order valence-electron chi connectivity index (χ1n) is 6.10. The number of aromatic nitrogens is 1. The number of nitro benzene ring substituents is 1. The lowest BCUT2D eigenvalue weighted by Crippen LogP contribution is -2.08. The summed E-state index contributed by atoms with van der Waals surface area (Å²) in [5.41, 5.74) is 1.96. The van der Waals surface area contributed by atoms with Gasteiger partial charge in [-0.2, -0.15) is 0 Å². The van der Waals surface area contributed by atoms with Crippen molar-refractivity contribution >= 4 is 11.4 Å². The molecule has 2 rings (SSSR count). The topological polar surface area (TPSA) is 68.1 Å². The molecule has 1 N–H and O–H groups in total. The highest BCUT2D eigenvalue weighted by atomic mass is 19.1. The van der Waals surface area contributed by atoms with Crippen LogP contribution in [0.25, 0.3) is 0 Å². The number of nitrogens with zero attached hydrogens (tertiary/aromatic N) is 2. The highest BCUT2D eigenvalue weighted by Gasteiger charge is 2.13. The molecule has 0 radical (unpaired) electrons. The van der Waals surface area contributed by atoms with Crippen LogP contribution in [0.5, 0.6) is 0 Å². The Morgan fingerprint density at radius 3 is 2.70 bits per heavy atom. The lowest BCUT2D eigenvalue weighted by atomic mass is 10.1. The second-order valence-electron chi connectivity index (χ2n) is 4.53. The SMILES string of the molecule is Cc1ccc(NC(C)c2ccc(F)cn2)cc1[N+](=O)[O-]. The molecule has 1 aromatic heterocycles. The minimum Gasteiger partial charge on any atom is -0.377 e. The Kier molecular flexibility index (Phi) is 3.93. The molecule has 5 nitrogen and oxygen atoms in total. The van der Waals surface area contributed by atoms with E-state index >= 15 is 0 Å². The Morgan fingerprint density at radius 1 is 1.35 bits per heavy atom. The molecule has 104 valence electrons. The fourth-order valence-corrected chi connectivity index (χ4v) is 1.86. The van der Waals surface area contributed by atoms with E-state index < -0.39 is 10.7 Å². The maximum atomic E-state index is 12.8. The molecule has 0 aliphatic carbocycles. The van der Waals surface area contributed by atoms with Gasteiger partial charge in [-0.15, -0.1) is 0 Å². The zero-order valence-corrected chi connectivity index (χ0v) is 11.1. The van der Waals surface area contributed by atoms with E-state index in [-0.39, 0.29) is 11.7 Å². The van der Waals surface area contributed by atoms with Crippen LogP contribution in [0, 0.1) is 22.9 Å². The smallest absolute Gasteiger partial charge is 0.274 e. The van der Waals surface area contributed by atoms with Crippen molar-refractivity contribution in [2.75, 3.05) is 5.32 Å².